The number of nitrogens with zero attached hydrogens (tertiary/aromatic N) is 7. The molecule has 0 aliphatic carbocycles. The molecule has 204 valence electrons. The summed E-state index contributed by atoms with van der Waals surface area (Å²) < 4.78 is 1.56. The number of hydrogen-bond acceptors (Lipinski definition) is 7. The van der Waals surface area contributed by atoms with E-state index in [4.69, 9.17) is 12.8 Å². The Labute approximate surface area is 238 Å². The van der Waals surface area contributed by atoms with Gasteiger partial charge in [-0.05, 0) is 62.5 Å². The second-order valence-electron chi connectivity index (χ2n) is 10.5. The first kappa shape index (κ1) is 26.4. The minimum atomic E-state index is -0.467. The van der Waals surface area contributed by atoms with Gasteiger partial charge in [0.15, 0.2) is 0 Å². The molecule has 1 atom stereocenters. The lowest BCUT2D eigenvalue weighted by Gasteiger charge is -2.40. The fourth-order valence-corrected chi connectivity index (χ4v) is 5.91. The standard InChI is InChI=1S/C30H29BN8O2/c1-6-23(40)37-11-12-38(18(4)15-37)29-21-13-33-26(24-16(2)7-8-22-20(24)14-34-36-22)25(31)28(21)39(30(41)35-29)27-17(3)9-10-32-19(27)5/h6-10,13-14,18H,1,11-12,15H2,2-5H3,(H,34,36). The van der Waals surface area contributed by atoms with Crippen LogP contribution in [0, 0.1) is 20.8 Å². The number of carbonyl (C=O) groups excluding carboxylic acids is 1. The highest BCUT2D eigenvalue weighted by atomic mass is 16.2. The van der Waals surface area contributed by atoms with Gasteiger partial charge < -0.3 is 9.80 Å². The van der Waals surface area contributed by atoms with E-state index in [0.717, 1.165) is 27.6 Å². The van der Waals surface area contributed by atoms with Crippen molar-refractivity contribution in [3.63, 3.8) is 0 Å². The molecular weight excluding hydrogens is 515 g/mol. The molecule has 1 aliphatic rings. The maximum atomic E-state index is 14.0. The molecule has 10 nitrogen and oxygen atoms in total. The molecule has 1 aromatic carbocycles. The maximum absolute atomic E-state index is 14.0. The third-order valence-electron chi connectivity index (χ3n) is 7.93. The highest BCUT2D eigenvalue weighted by Crippen LogP contribution is 2.33. The Morgan fingerprint density at radius 3 is 2.63 bits per heavy atom. The Hall–Kier alpha value is -4.80. The third kappa shape index (κ3) is 4.19. The van der Waals surface area contributed by atoms with Crippen LogP contribution >= 0.6 is 0 Å². The fourth-order valence-electron chi connectivity index (χ4n) is 5.91. The van der Waals surface area contributed by atoms with Gasteiger partial charge >= 0.3 is 5.69 Å². The van der Waals surface area contributed by atoms with Crippen molar-refractivity contribution in [2.24, 2.45) is 0 Å². The molecule has 5 aromatic rings. The second-order valence-corrected chi connectivity index (χ2v) is 10.5. The quantitative estimate of drug-likeness (QED) is 0.274. The Morgan fingerprint density at radius 2 is 1.90 bits per heavy atom. The second kappa shape index (κ2) is 9.99. The molecule has 1 saturated heterocycles. The molecule has 11 heteroatoms. The topological polar surface area (TPSA) is 113 Å². The van der Waals surface area contributed by atoms with E-state index < -0.39 is 5.69 Å². The third-order valence-corrected chi connectivity index (χ3v) is 7.93. The zero-order valence-electron chi connectivity index (χ0n) is 23.5. The minimum absolute atomic E-state index is 0.108. The number of hydrogen-bond donors (Lipinski definition) is 1. The average molecular weight is 544 g/mol. The molecule has 1 unspecified atom stereocenters. The first-order valence-corrected chi connectivity index (χ1v) is 13.5. The summed E-state index contributed by atoms with van der Waals surface area (Å²) in [6, 6.07) is 5.72. The monoisotopic (exact) mass is 544 g/mol. The predicted molar refractivity (Wildman–Crippen MR) is 161 cm³/mol. The fraction of sp³-hybridized carbons (Fsp3) is 0.267. The normalized spacial score (nSPS) is 15.6. The molecule has 6 rings (SSSR count). The Morgan fingerprint density at radius 1 is 1.10 bits per heavy atom. The van der Waals surface area contributed by atoms with Crippen molar-refractivity contribution in [3.8, 4) is 16.9 Å². The van der Waals surface area contributed by atoms with Crippen molar-refractivity contribution in [1.29, 1.82) is 0 Å². The van der Waals surface area contributed by atoms with Gasteiger partial charge in [-0.3, -0.25) is 24.4 Å². The van der Waals surface area contributed by atoms with Crippen LogP contribution in [-0.2, 0) is 4.79 Å². The number of aromatic amines is 1. The summed E-state index contributed by atoms with van der Waals surface area (Å²) in [7, 11) is 7.02. The number of H-pyrrole nitrogens is 1. The van der Waals surface area contributed by atoms with E-state index in [1.165, 1.54) is 6.08 Å². The van der Waals surface area contributed by atoms with E-state index in [1.54, 1.807) is 28.1 Å². The average Bonchev–Trinajstić information content (AvgIpc) is 3.43. The summed E-state index contributed by atoms with van der Waals surface area (Å²) in [4.78, 5) is 44.0. The highest BCUT2D eigenvalue weighted by molar-refractivity contribution is 6.42. The largest absolute Gasteiger partial charge is 0.354 e. The van der Waals surface area contributed by atoms with Crippen LogP contribution in [-0.4, -0.2) is 74.0 Å². The molecular formula is C30H29BN8O2. The van der Waals surface area contributed by atoms with Crippen LogP contribution in [0.2, 0.25) is 0 Å². The number of nitrogens with one attached hydrogen (secondary N) is 1. The highest BCUT2D eigenvalue weighted by Gasteiger charge is 2.30. The molecule has 1 N–H and O–H groups in total. The molecule has 5 heterocycles. The molecule has 0 bridgehead atoms. The Bertz CT molecular complexity index is 1910. The zero-order chi connectivity index (χ0) is 29.0. The van der Waals surface area contributed by atoms with Crippen molar-refractivity contribution >= 4 is 46.8 Å². The summed E-state index contributed by atoms with van der Waals surface area (Å²) >= 11 is 0. The van der Waals surface area contributed by atoms with E-state index in [1.807, 2.05) is 50.8 Å². The van der Waals surface area contributed by atoms with Crippen LogP contribution in [0.3, 0.4) is 0 Å². The van der Waals surface area contributed by atoms with Crippen molar-refractivity contribution in [3.05, 3.63) is 76.7 Å². The van der Waals surface area contributed by atoms with Crippen molar-refractivity contribution in [2.75, 3.05) is 24.5 Å². The Balaban J connectivity index is 1.65. The SMILES string of the molecule is [B]c1c(-c2c(C)ccc3[nH]ncc23)ncc2c(N3CCN(C(=O)C=C)CC3C)nc(=O)n(-c3c(C)ccnc3C)c12. The number of fused-ring (bicyclic) bond motifs is 2. The number of aromatic nitrogens is 6. The van der Waals surface area contributed by atoms with Gasteiger partial charge in [-0.25, -0.2) is 4.79 Å². The van der Waals surface area contributed by atoms with Gasteiger partial charge in [0.1, 0.15) is 13.7 Å². The van der Waals surface area contributed by atoms with Gasteiger partial charge in [0.25, 0.3) is 0 Å². The van der Waals surface area contributed by atoms with Crippen LogP contribution in [0.15, 0.2) is 54.2 Å². The van der Waals surface area contributed by atoms with Gasteiger partial charge in [0.05, 0.1) is 39.7 Å². The first-order chi connectivity index (χ1) is 19.7. The molecule has 2 radical (unpaired) electrons. The van der Waals surface area contributed by atoms with Gasteiger partial charge in [-0.1, -0.05) is 12.6 Å². The van der Waals surface area contributed by atoms with Gasteiger partial charge in [0, 0.05) is 49.0 Å². The molecule has 41 heavy (non-hydrogen) atoms. The van der Waals surface area contributed by atoms with Crippen LogP contribution < -0.4 is 16.1 Å². The zero-order valence-corrected chi connectivity index (χ0v) is 23.5. The van der Waals surface area contributed by atoms with Gasteiger partial charge in [0.2, 0.25) is 5.91 Å². The summed E-state index contributed by atoms with van der Waals surface area (Å²) in [5.74, 6) is 0.370. The Kier molecular flexibility index (Phi) is 6.44. The summed E-state index contributed by atoms with van der Waals surface area (Å²) in [6.07, 6.45) is 6.54. The van der Waals surface area contributed by atoms with E-state index in [2.05, 4.69) is 26.7 Å². The lowest BCUT2D eigenvalue weighted by molar-refractivity contribution is -0.126. The molecule has 4 aromatic heterocycles. The lowest BCUT2D eigenvalue weighted by atomic mass is 9.86. The van der Waals surface area contributed by atoms with Crippen LogP contribution in [0.4, 0.5) is 5.82 Å². The lowest BCUT2D eigenvalue weighted by Crippen LogP contribution is -2.54. The number of amides is 1. The number of pyridine rings is 2. The first-order valence-electron chi connectivity index (χ1n) is 13.5. The van der Waals surface area contributed by atoms with Gasteiger partial charge in [-0.15, -0.1) is 0 Å². The summed E-state index contributed by atoms with van der Waals surface area (Å²) in [6.45, 7) is 12.9. The molecule has 1 amide bonds. The van der Waals surface area contributed by atoms with Crippen molar-refractivity contribution in [1.82, 2.24) is 34.6 Å². The molecule has 0 saturated carbocycles. The van der Waals surface area contributed by atoms with Gasteiger partial charge in [-0.2, -0.15) is 10.1 Å². The predicted octanol–water partition coefficient (Wildman–Crippen LogP) is 2.66. The minimum Gasteiger partial charge on any atom is -0.350 e. The number of anilines is 1. The summed E-state index contributed by atoms with van der Waals surface area (Å²) in [5.41, 5.74) is 5.83. The number of aryl methyl sites for hydroxylation is 3. The van der Waals surface area contributed by atoms with Crippen LogP contribution in [0.25, 0.3) is 38.8 Å². The molecule has 1 aliphatic heterocycles. The van der Waals surface area contributed by atoms with Crippen LogP contribution in [0.1, 0.15) is 23.7 Å². The van der Waals surface area contributed by atoms with Crippen molar-refractivity contribution < 1.29 is 4.79 Å². The van der Waals surface area contributed by atoms with Crippen molar-refractivity contribution in [2.45, 2.75) is 33.7 Å². The number of benzene rings is 1. The molecule has 0 spiro atoms. The number of rotatable bonds is 4. The number of carbonyl (C=O) groups is 1. The van der Waals surface area contributed by atoms with Crippen LogP contribution in [0.5, 0.6) is 0 Å². The smallest absolute Gasteiger partial charge is 0.350 e. The maximum Gasteiger partial charge on any atom is 0.354 e. The van der Waals surface area contributed by atoms with E-state index >= 15 is 0 Å². The summed E-state index contributed by atoms with van der Waals surface area (Å²) in [5, 5.41) is 8.76. The van der Waals surface area contributed by atoms with E-state index in [9.17, 15) is 9.59 Å². The van der Waals surface area contributed by atoms with E-state index in [0.29, 0.717) is 58.9 Å². The molecule has 1 fully saturated rings. The van der Waals surface area contributed by atoms with E-state index in [-0.39, 0.29) is 11.9 Å². The number of piperazine rings is 1.